The fourth-order valence-corrected chi connectivity index (χ4v) is 5.88. The Bertz CT molecular complexity index is 1470. The molecular weight excluding hydrogens is 466 g/mol. The number of sulfonamides is 1. The average molecular weight is 496 g/mol. The van der Waals surface area contributed by atoms with Gasteiger partial charge in [-0.2, -0.15) is 9.40 Å². The molecule has 4 aromatic rings. The molecule has 2 saturated heterocycles. The van der Waals surface area contributed by atoms with Crippen molar-refractivity contribution in [1.82, 2.24) is 29.2 Å². The van der Waals surface area contributed by atoms with Crippen LogP contribution >= 0.6 is 0 Å². The van der Waals surface area contributed by atoms with Gasteiger partial charge < -0.3 is 9.64 Å². The molecule has 0 radical (unpaired) electrons. The normalized spacial score (nSPS) is 18.6. The fourth-order valence-electron chi connectivity index (χ4n) is 5.05. The van der Waals surface area contributed by atoms with E-state index in [1.54, 1.807) is 4.31 Å². The molecule has 2 aromatic heterocycles. The van der Waals surface area contributed by atoms with Gasteiger partial charge in [0, 0.05) is 56.6 Å². The van der Waals surface area contributed by atoms with Crippen LogP contribution in [0.2, 0.25) is 0 Å². The lowest BCUT2D eigenvalue weighted by molar-refractivity contribution is 0.122. The number of hydrogen-bond donors (Lipinski definition) is 1. The van der Waals surface area contributed by atoms with Gasteiger partial charge in [-0.15, -0.1) is 5.10 Å². The van der Waals surface area contributed by atoms with Crippen LogP contribution in [0.4, 0.5) is 5.82 Å². The first-order valence-corrected chi connectivity index (χ1v) is 13.8. The molecule has 0 unspecified atom stereocenters. The summed E-state index contributed by atoms with van der Waals surface area (Å²) < 4.78 is 32.9. The number of ether oxygens (including phenoxy) is 1. The summed E-state index contributed by atoms with van der Waals surface area (Å²) in [6.45, 7) is 6.29. The molecule has 0 spiro atoms. The van der Waals surface area contributed by atoms with Crippen molar-refractivity contribution in [2.45, 2.75) is 6.54 Å². The molecule has 1 N–H and O–H groups in total. The van der Waals surface area contributed by atoms with Crippen molar-refractivity contribution in [3.63, 3.8) is 0 Å². The van der Waals surface area contributed by atoms with E-state index in [2.05, 4.69) is 44.3 Å². The summed E-state index contributed by atoms with van der Waals surface area (Å²) >= 11 is 0. The first kappa shape index (κ1) is 22.5. The van der Waals surface area contributed by atoms with Gasteiger partial charge >= 0.3 is 0 Å². The minimum atomic E-state index is -3.13. The van der Waals surface area contributed by atoms with Gasteiger partial charge in [0.05, 0.1) is 42.4 Å². The maximum Gasteiger partial charge on any atom is 0.211 e. The minimum absolute atomic E-state index is 0.530. The monoisotopic (exact) mass is 495 g/mol. The average Bonchev–Trinajstić information content (AvgIpc) is 3.49. The highest BCUT2D eigenvalue weighted by Gasteiger charge is 2.24. The highest BCUT2D eigenvalue weighted by Crippen LogP contribution is 2.32. The zero-order chi connectivity index (χ0) is 24.0. The van der Waals surface area contributed by atoms with E-state index in [0.717, 1.165) is 66.0 Å². The van der Waals surface area contributed by atoms with Crippen molar-refractivity contribution in [2.75, 3.05) is 63.6 Å². The number of nitrogens with zero attached hydrogens (tertiary/aromatic N) is 6. The number of fused-ring (bicyclic) bond motifs is 2. The van der Waals surface area contributed by atoms with E-state index >= 15 is 0 Å². The third-order valence-electron chi connectivity index (χ3n) is 6.93. The molecule has 4 heterocycles. The van der Waals surface area contributed by atoms with Crippen molar-refractivity contribution in [1.29, 1.82) is 0 Å². The van der Waals surface area contributed by atoms with E-state index in [1.165, 1.54) is 11.8 Å². The van der Waals surface area contributed by atoms with Gasteiger partial charge in [0.15, 0.2) is 5.82 Å². The highest BCUT2D eigenvalue weighted by atomic mass is 32.2. The maximum absolute atomic E-state index is 11.9. The molecule has 0 aliphatic carbocycles. The molecule has 35 heavy (non-hydrogen) atoms. The van der Waals surface area contributed by atoms with Crippen molar-refractivity contribution in [3.8, 4) is 5.69 Å². The molecule has 10 nitrogen and oxygen atoms in total. The van der Waals surface area contributed by atoms with E-state index in [-0.39, 0.29) is 0 Å². The van der Waals surface area contributed by atoms with Gasteiger partial charge in [-0.25, -0.2) is 13.1 Å². The van der Waals surface area contributed by atoms with Crippen LogP contribution in [0, 0.1) is 0 Å². The minimum Gasteiger partial charge on any atom is -0.378 e. The van der Waals surface area contributed by atoms with Crippen molar-refractivity contribution in [3.05, 3.63) is 48.2 Å². The summed E-state index contributed by atoms with van der Waals surface area (Å²) in [4.78, 5) is 4.60. The van der Waals surface area contributed by atoms with Crippen LogP contribution in [0.1, 0.15) is 5.56 Å². The molecule has 6 rings (SSSR count). The largest absolute Gasteiger partial charge is 0.378 e. The zero-order valence-electron chi connectivity index (χ0n) is 19.7. The van der Waals surface area contributed by atoms with Gasteiger partial charge in [-0.3, -0.25) is 10.00 Å². The van der Waals surface area contributed by atoms with Crippen molar-refractivity contribution < 1.29 is 13.2 Å². The number of aromatic nitrogens is 4. The molecule has 11 heteroatoms. The molecule has 2 aliphatic heterocycles. The van der Waals surface area contributed by atoms with Gasteiger partial charge in [-0.05, 0) is 29.8 Å². The lowest BCUT2D eigenvalue weighted by Gasteiger charge is -2.33. The third-order valence-corrected chi connectivity index (χ3v) is 8.24. The SMILES string of the molecule is CS(=O)(=O)N1CCN(Cc2ccc3c(N4CCOCC4)nn(-c4cccc5[nH]ncc45)c3c2)CC1. The van der Waals surface area contributed by atoms with Crippen molar-refractivity contribution in [2.24, 2.45) is 0 Å². The summed E-state index contributed by atoms with van der Waals surface area (Å²) in [5, 5.41) is 14.5. The van der Waals surface area contributed by atoms with E-state index in [4.69, 9.17) is 9.84 Å². The third kappa shape index (κ3) is 4.29. The standard InChI is InChI=1S/C24H29N7O3S/c1-35(32,33)30-9-7-28(8-10-30)17-18-5-6-19-23(15-18)31(27-24(19)29-11-13-34-14-12-29)22-4-2-3-21-20(22)16-25-26-21/h2-6,15-16H,7-14,17H2,1H3,(H,25,26). The van der Waals surface area contributed by atoms with E-state index in [1.807, 2.05) is 23.0 Å². The predicted molar refractivity (Wildman–Crippen MR) is 135 cm³/mol. The van der Waals surface area contributed by atoms with Gasteiger partial charge in [0.2, 0.25) is 10.0 Å². The number of morpholine rings is 1. The van der Waals surface area contributed by atoms with Gasteiger partial charge in [0.1, 0.15) is 0 Å². The van der Waals surface area contributed by atoms with Gasteiger partial charge in [-0.1, -0.05) is 12.1 Å². The quantitative estimate of drug-likeness (QED) is 0.451. The lowest BCUT2D eigenvalue weighted by Crippen LogP contribution is -2.47. The number of nitrogens with one attached hydrogen (secondary N) is 1. The van der Waals surface area contributed by atoms with Crippen LogP contribution in [0.3, 0.4) is 0 Å². The first-order chi connectivity index (χ1) is 17.0. The predicted octanol–water partition coefficient (Wildman–Crippen LogP) is 1.82. The molecule has 0 amide bonds. The maximum atomic E-state index is 11.9. The number of rotatable bonds is 5. The number of aromatic amines is 1. The number of piperazine rings is 1. The van der Waals surface area contributed by atoms with E-state index in [9.17, 15) is 8.42 Å². The van der Waals surface area contributed by atoms with Crippen molar-refractivity contribution >= 4 is 37.6 Å². The zero-order valence-corrected chi connectivity index (χ0v) is 20.5. The van der Waals surface area contributed by atoms with Crippen LogP contribution in [0.15, 0.2) is 42.6 Å². The second-order valence-electron chi connectivity index (χ2n) is 9.23. The molecule has 184 valence electrons. The summed E-state index contributed by atoms with van der Waals surface area (Å²) in [5.41, 5.74) is 4.19. The molecule has 2 aromatic carbocycles. The first-order valence-electron chi connectivity index (χ1n) is 11.9. The van der Waals surface area contributed by atoms with Gasteiger partial charge in [0.25, 0.3) is 0 Å². The Labute approximate surface area is 204 Å². The number of hydrogen-bond acceptors (Lipinski definition) is 7. The number of benzene rings is 2. The summed E-state index contributed by atoms with van der Waals surface area (Å²) in [5.74, 6) is 0.970. The molecule has 0 bridgehead atoms. The molecule has 2 fully saturated rings. The Balaban J connectivity index is 1.37. The Morgan fingerprint density at radius 2 is 1.80 bits per heavy atom. The highest BCUT2D eigenvalue weighted by molar-refractivity contribution is 7.88. The van der Waals surface area contributed by atoms with E-state index < -0.39 is 10.0 Å². The van der Waals surface area contributed by atoms with Crippen LogP contribution in [0.5, 0.6) is 0 Å². The Morgan fingerprint density at radius 3 is 2.57 bits per heavy atom. The Hall–Kier alpha value is -2.99. The molecule has 2 aliphatic rings. The summed E-state index contributed by atoms with van der Waals surface area (Å²) in [6.07, 6.45) is 3.13. The smallest absolute Gasteiger partial charge is 0.211 e. The van der Waals surface area contributed by atoms with Crippen LogP contribution in [0.25, 0.3) is 27.5 Å². The summed E-state index contributed by atoms with van der Waals surface area (Å²) in [7, 11) is -3.13. The topological polar surface area (TPSA) is 99.6 Å². The second kappa shape index (κ2) is 8.90. The fraction of sp³-hybridized carbons (Fsp3) is 0.417. The lowest BCUT2D eigenvalue weighted by atomic mass is 10.1. The number of H-pyrrole nitrogens is 1. The Morgan fingerprint density at radius 1 is 1.00 bits per heavy atom. The number of anilines is 1. The van der Waals surface area contributed by atoms with Crippen LogP contribution < -0.4 is 4.90 Å². The molecule has 0 atom stereocenters. The van der Waals surface area contributed by atoms with Crippen LogP contribution in [-0.2, 0) is 21.3 Å². The molecular formula is C24H29N7O3S. The van der Waals surface area contributed by atoms with E-state index in [0.29, 0.717) is 26.3 Å². The Kier molecular flexibility index (Phi) is 5.72. The summed E-state index contributed by atoms with van der Waals surface area (Å²) in [6, 6.07) is 12.7. The molecule has 0 saturated carbocycles. The second-order valence-corrected chi connectivity index (χ2v) is 11.2. The van der Waals surface area contributed by atoms with Crippen LogP contribution in [-0.4, -0.2) is 96.3 Å².